The van der Waals surface area contributed by atoms with Gasteiger partial charge in [-0.25, -0.2) is 5.21 Å². The summed E-state index contributed by atoms with van der Waals surface area (Å²) in [7, 11) is 0. The van der Waals surface area contributed by atoms with E-state index in [0.29, 0.717) is 0 Å². The third-order valence-electron chi connectivity index (χ3n) is 3.04. The summed E-state index contributed by atoms with van der Waals surface area (Å²) in [5, 5.41) is 28.4. The van der Waals surface area contributed by atoms with E-state index in [2.05, 4.69) is 0 Å². The predicted octanol–water partition coefficient (Wildman–Crippen LogP) is 1.69. The lowest BCUT2D eigenvalue weighted by Crippen LogP contribution is -2.99. The summed E-state index contributed by atoms with van der Waals surface area (Å²) in [5.41, 5.74) is -0.133. The molecule has 1 unspecified atom stereocenters. The number of fused-ring (bicyclic) bond motifs is 1. The Morgan fingerprint density at radius 2 is 2.00 bits per heavy atom. The highest BCUT2D eigenvalue weighted by atomic mass is 16.8. The van der Waals surface area contributed by atoms with Crippen LogP contribution in [0, 0.1) is 5.21 Å². The number of hydrogen-bond donors (Lipinski definition) is 3. The maximum absolute atomic E-state index is 12.3. The molecule has 3 N–H and O–H groups in total. The Balaban J connectivity index is 2.01. The smallest absolute Gasteiger partial charge is 0.235 e. The molecule has 0 aliphatic heterocycles. The average molecular weight is 301 g/mol. The van der Waals surface area contributed by atoms with Crippen LogP contribution in [0.15, 0.2) is 57.9 Å². The zero-order chi connectivity index (χ0) is 15.7. The third kappa shape index (κ3) is 2.63. The van der Waals surface area contributed by atoms with Crippen molar-refractivity contribution in [2.24, 2.45) is 0 Å². The molecule has 0 fully saturated rings. The summed E-state index contributed by atoms with van der Waals surface area (Å²) in [5.74, 6) is 0.129. The number of quaternary nitrogens is 1. The lowest BCUT2D eigenvalue weighted by molar-refractivity contribution is -0.991. The van der Waals surface area contributed by atoms with Crippen LogP contribution in [0.2, 0.25) is 0 Å². The highest BCUT2D eigenvalue weighted by Crippen LogP contribution is 2.24. The van der Waals surface area contributed by atoms with Crippen molar-refractivity contribution < 1.29 is 24.7 Å². The van der Waals surface area contributed by atoms with Crippen molar-refractivity contribution in [1.82, 2.24) is 0 Å². The van der Waals surface area contributed by atoms with Gasteiger partial charge in [0.25, 0.3) is 0 Å². The number of rotatable bonds is 3. The number of phenols is 1. The van der Waals surface area contributed by atoms with Crippen molar-refractivity contribution in [1.29, 1.82) is 0 Å². The Kier molecular flexibility index (Phi) is 3.51. The minimum absolute atomic E-state index is 0.0153. The molecule has 3 aromatic rings. The lowest BCUT2D eigenvalue weighted by atomic mass is 10.2. The standard InChI is InChI=1S/C15H11NO6/c17-10-4-5-12-13(7-10)21-8-14(15(12)18)22-11-3-1-2-9(6-11)16(19)20/h1-8,16-17,19H. The average Bonchev–Trinajstić information content (AvgIpc) is 2.50. The van der Waals surface area contributed by atoms with Crippen LogP contribution in [0.1, 0.15) is 0 Å². The predicted molar refractivity (Wildman–Crippen MR) is 76.4 cm³/mol. The number of hydrogen-bond acceptors (Lipinski definition) is 6. The first-order valence-electron chi connectivity index (χ1n) is 6.30. The highest BCUT2D eigenvalue weighted by Gasteiger charge is 2.11. The van der Waals surface area contributed by atoms with E-state index < -0.39 is 10.7 Å². The van der Waals surface area contributed by atoms with Gasteiger partial charge in [-0.3, -0.25) is 4.79 Å². The molecule has 0 saturated carbocycles. The van der Waals surface area contributed by atoms with E-state index in [-0.39, 0.29) is 33.9 Å². The number of phenolic OH excluding ortho intramolecular Hbond substituents is 1. The summed E-state index contributed by atoms with van der Waals surface area (Å²) >= 11 is 0. The molecule has 0 aliphatic carbocycles. The van der Waals surface area contributed by atoms with E-state index >= 15 is 0 Å². The number of aromatic hydroxyl groups is 1. The first kappa shape index (κ1) is 14.1. The van der Waals surface area contributed by atoms with Crippen LogP contribution in [0.5, 0.6) is 17.2 Å². The van der Waals surface area contributed by atoms with E-state index in [1.807, 2.05) is 0 Å². The summed E-state index contributed by atoms with van der Waals surface area (Å²) < 4.78 is 10.7. The fourth-order valence-electron chi connectivity index (χ4n) is 1.99. The molecule has 2 aromatic carbocycles. The van der Waals surface area contributed by atoms with E-state index in [1.165, 1.54) is 42.5 Å². The van der Waals surface area contributed by atoms with Crippen LogP contribution in [-0.2, 0) is 0 Å². The van der Waals surface area contributed by atoms with E-state index in [4.69, 9.17) is 14.4 Å². The summed E-state index contributed by atoms with van der Waals surface area (Å²) in [6.07, 6.45) is 1.12. The zero-order valence-corrected chi connectivity index (χ0v) is 11.1. The van der Waals surface area contributed by atoms with E-state index in [0.717, 1.165) is 6.26 Å². The molecule has 7 nitrogen and oxygen atoms in total. The second-order valence-corrected chi connectivity index (χ2v) is 4.54. The first-order chi connectivity index (χ1) is 10.5. The molecule has 0 bridgehead atoms. The minimum atomic E-state index is -1.09. The summed E-state index contributed by atoms with van der Waals surface area (Å²) in [6.45, 7) is 0. The van der Waals surface area contributed by atoms with Crippen molar-refractivity contribution in [3.63, 3.8) is 0 Å². The minimum Gasteiger partial charge on any atom is -0.595 e. The SMILES string of the molecule is O=c1c(Oc2cccc([NH+]([O-])O)c2)coc2cc(O)ccc12. The van der Waals surface area contributed by atoms with Gasteiger partial charge in [-0.15, -0.1) is 0 Å². The van der Waals surface area contributed by atoms with Gasteiger partial charge in [-0.1, -0.05) is 6.07 Å². The monoisotopic (exact) mass is 301 g/mol. The third-order valence-corrected chi connectivity index (χ3v) is 3.04. The fraction of sp³-hybridized carbons (Fsp3) is 0. The molecule has 1 heterocycles. The molecule has 1 atom stereocenters. The zero-order valence-electron chi connectivity index (χ0n) is 11.1. The molecule has 0 spiro atoms. The van der Waals surface area contributed by atoms with Crippen molar-refractivity contribution in [3.05, 3.63) is 64.2 Å². The molecular formula is C15H11NO6. The van der Waals surface area contributed by atoms with Crippen molar-refractivity contribution in [3.8, 4) is 17.2 Å². The van der Waals surface area contributed by atoms with Crippen LogP contribution >= 0.6 is 0 Å². The number of benzene rings is 2. The summed E-state index contributed by atoms with van der Waals surface area (Å²) in [4.78, 5) is 12.3. The lowest BCUT2D eigenvalue weighted by Gasteiger charge is -2.12. The molecule has 0 amide bonds. The number of nitrogens with one attached hydrogen (secondary N) is 1. The van der Waals surface area contributed by atoms with Gasteiger partial charge in [0.1, 0.15) is 23.3 Å². The molecule has 1 aromatic heterocycles. The van der Waals surface area contributed by atoms with Gasteiger partial charge >= 0.3 is 0 Å². The Hall–Kier alpha value is -2.87. The van der Waals surface area contributed by atoms with Crippen LogP contribution in [-0.4, -0.2) is 10.3 Å². The van der Waals surface area contributed by atoms with Crippen molar-refractivity contribution in [2.75, 3.05) is 0 Å². The van der Waals surface area contributed by atoms with Gasteiger partial charge in [-0.05, 0) is 18.2 Å². The maximum Gasteiger partial charge on any atom is 0.235 e. The molecule has 22 heavy (non-hydrogen) atoms. The van der Waals surface area contributed by atoms with E-state index in [1.54, 1.807) is 0 Å². The Morgan fingerprint density at radius 1 is 1.18 bits per heavy atom. The van der Waals surface area contributed by atoms with Gasteiger partial charge in [0, 0.05) is 18.2 Å². The maximum atomic E-state index is 12.3. The molecular weight excluding hydrogens is 290 g/mol. The Morgan fingerprint density at radius 3 is 2.77 bits per heavy atom. The normalized spacial score (nSPS) is 12.3. The Bertz CT molecular complexity index is 887. The van der Waals surface area contributed by atoms with Gasteiger partial charge in [0.2, 0.25) is 11.2 Å². The molecule has 112 valence electrons. The second kappa shape index (κ2) is 5.49. The largest absolute Gasteiger partial charge is 0.595 e. The van der Waals surface area contributed by atoms with Crippen LogP contribution in [0.4, 0.5) is 5.69 Å². The van der Waals surface area contributed by atoms with Crippen molar-refractivity contribution >= 4 is 16.7 Å². The van der Waals surface area contributed by atoms with Gasteiger partial charge < -0.3 is 19.5 Å². The summed E-state index contributed by atoms with van der Waals surface area (Å²) in [6, 6.07) is 9.90. The van der Waals surface area contributed by atoms with Crippen LogP contribution in [0.25, 0.3) is 11.0 Å². The quantitative estimate of drug-likeness (QED) is 0.635. The van der Waals surface area contributed by atoms with Gasteiger partial charge in [0.05, 0.1) is 5.39 Å². The first-order valence-corrected chi connectivity index (χ1v) is 6.30. The topological polar surface area (TPSA) is 107 Å². The fourth-order valence-corrected chi connectivity index (χ4v) is 1.99. The number of ether oxygens (including phenoxy) is 1. The van der Waals surface area contributed by atoms with Crippen molar-refractivity contribution in [2.45, 2.75) is 0 Å². The van der Waals surface area contributed by atoms with Crippen LogP contribution in [0.3, 0.4) is 0 Å². The van der Waals surface area contributed by atoms with Crippen LogP contribution < -0.4 is 15.4 Å². The molecule has 3 rings (SSSR count). The Labute approximate surface area is 123 Å². The second-order valence-electron chi connectivity index (χ2n) is 4.54. The molecule has 0 aliphatic rings. The highest BCUT2D eigenvalue weighted by molar-refractivity contribution is 5.78. The van der Waals surface area contributed by atoms with Gasteiger partial charge in [-0.2, -0.15) is 5.23 Å². The molecule has 7 heteroatoms. The van der Waals surface area contributed by atoms with Gasteiger partial charge in [0.15, 0.2) is 5.69 Å². The molecule has 0 saturated heterocycles. The molecule has 0 radical (unpaired) electrons. The van der Waals surface area contributed by atoms with E-state index in [9.17, 15) is 15.1 Å².